The second-order valence-electron chi connectivity index (χ2n) is 14.3. The molecule has 0 spiro atoms. The smallest absolute Gasteiger partial charge is 0.337 e. The molecule has 23 heteroatoms. The van der Waals surface area contributed by atoms with E-state index in [2.05, 4.69) is 0 Å². The largest absolute Gasteiger partial charge is 0.504 e. The number of aromatic hydroxyl groups is 1. The Labute approximate surface area is 341 Å². The van der Waals surface area contributed by atoms with Gasteiger partial charge in [0.1, 0.15) is 73.2 Å². The number of phenols is 1. The van der Waals surface area contributed by atoms with Crippen molar-refractivity contribution in [1.82, 2.24) is 0 Å². The summed E-state index contributed by atoms with van der Waals surface area (Å²) >= 11 is 0. The standard InChI is InChI=1S/C37H52O23/c1-3-15-16(17(33(51)52-2)13-54-34(15)60-37-30(49)27(46)25(44)21(11-39)57-37)9-23(42)53-7-6-14-4-5-18(41)19(8-14)55-35-31(50)28(47)32(22(12-40)58-35)59-36-29(48)26(45)24(43)20(10-38)56-36/h3-5,8,13,16,20-22,24-32,34-41,43-50H,6-7,9-12H2,1-2H3/b15-3-/t16-,20+,21+,22+,24+,25+,26-,27-,28+,29+,30+,31+,32+,34-,35+,36-,37-/m0/s1. The van der Waals surface area contributed by atoms with Gasteiger partial charge < -0.3 is 104 Å². The molecule has 5 rings (SSSR count). The van der Waals surface area contributed by atoms with Gasteiger partial charge in [0.25, 0.3) is 0 Å². The van der Waals surface area contributed by atoms with E-state index in [4.69, 9.17) is 42.6 Å². The summed E-state index contributed by atoms with van der Waals surface area (Å²) in [5, 5.41) is 123. The van der Waals surface area contributed by atoms with Crippen molar-refractivity contribution in [1.29, 1.82) is 0 Å². The van der Waals surface area contributed by atoms with Crippen LogP contribution >= 0.6 is 0 Å². The van der Waals surface area contributed by atoms with Crippen molar-refractivity contribution in [2.24, 2.45) is 5.92 Å². The Morgan fingerprint density at radius 3 is 1.87 bits per heavy atom. The second-order valence-corrected chi connectivity index (χ2v) is 14.3. The first-order chi connectivity index (χ1) is 28.6. The van der Waals surface area contributed by atoms with Gasteiger partial charge in [-0.05, 0) is 24.6 Å². The molecule has 12 N–H and O–H groups in total. The fourth-order valence-corrected chi connectivity index (χ4v) is 7.02. The van der Waals surface area contributed by atoms with Crippen LogP contribution in [0.5, 0.6) is 11.5 Å². The first kappa shape index (κ1) is 47.4. The Morgan fingerprint density at radius 2 is 1.30 bits per heavy atom. The molecule has 0 bridgehead atoms. The summed E-state index contributed by atoms with van der Waals surface area (Å²) in [4.78, 5) is 25.9. The third kappa shape index (κ3) is 10.4. The molecule has 3 saturated heterocycles. The number of aliphatic hydroxyl groups excluding tert-OH is 11. The van der Waals surface area contributed by atoms with Crippen molar-refractivity contribution in [3.05, 3.63) is 47.2 Å². The molecule has 3 fully saturated rings. The molecule has 0 saturated carbocycles. The maximum Gasteiger partial charge on any atom is 0.337 e. The van der Waals surface area contributed by atoms with Crippen molar-refractivity contribution in [3.8, 4) is 11.5 Å². The highest BCUT2D eigenvalue weighted by Gasteiger charge is 2.52. The van der Waals surface area contributed by atoms with Gasteiger partial charge in [-0.3, -0.25) is 4.79 Å². The van der Waals surface area contributed by atoms with Crippen molar-refractivity contribution in [2.45, 2.75) is 118 Å². The van der Waals surface area contributed by atoms with Gasteiger partial charge >= 0.3 is 11.9 Å². The van der Waals surface area contributed by atoms with Crippen LogP contribution in [0.3, 0.4) is 0 Å². The number of aliphatic hydroxyl groups is 11. The minimum absolute atomic E-state index is 0.0418. The lowest BCUT2D eigenvalue weighted by atomic mass is 9.86. The van der Waals surface area contributed by atoms with E-state index in [9.17, 15) is 70.9 Å². The SMILES string of the molecule is C/C=C1\[C@H](O[C@@H]2O[C@H](CO)[C@@H](O)[C@H](O)[C@H]2O)OC=C(C(=O)OC)[C@H]1CC(=O)OCCc1ccc(O)c(O[C@@H]2O[C@H](CO)[C@@H](O[C@@H]3O[C@H](CO)[C@@H](O)[C@H](O)[C@H]3O)[C@H](O)[C@H]2O)c1. The van der Waals surface area contributed by atoms with E-state index in [1.807, 2.05) is 0 Å². The highest BCUT2D eigenvalue weighted by molar-refractivity contribution is 5.90. The van der Waals surface area contributed by atoms with E-state index < -0.39 is 148 Å². The highest BCUT2D eigenvalue weighted by Crippen LogP contribution is 2.37. The van der Waals surface area contributed by atoms with Crippen molar-refractivity contribution < 1.29 is 113 Å². The molecule has 23 nitrogen and oxygen atoms in total. The van der Waals surface area contributed by atoms with Crippen LogP contribution in [0, 0.1) is 5.92 Å². The van der Waals surface area contributed by atoms with Crippen LogP contribution in [0.4, 0.5) is 0 Å². The summed E-state index contributed by atoms with van der Waals surface area (Å²) in [5.74, 6) is -3.34. The van der Waals surface area contributed by atoms with Crippen molar-refractivity contribution >= 4 is 11.9 Å². The van der Waals surface area contributed by atoms with Gasteiger partial charge in [-0.2, -0.15) is 0 Å². The van der Waals surface area contributed by atoms with Gasteiger partial charge in [-0.25, -0.2) is 4.79 Å². The molecule has 0 aromatic heterocycles. The Hall–Kier alpha value is -3.60. The normalized spacial score (nSPS) is 39.0. The summed E-state index contributed by atoms with van der Waals surface area (Å²) < 4.78 is 49.2. The number of hydrogen-bond acceptors (Lipinski definition) is 23. The van der Waals surface area contributed by atoms with Crippen LogP contribution in [0.15, 0.2) is 41.7 Å². The predicted octanol–water partition coefficient (Wildman–Crippen LogP) is -5.34. The zero-order valence-corrected chi connectivity index (χ0v) is 32.3. The summed E-state index contributed by atoms with van der Waals surface area (Å²) in [7, 11) is 1.12. The van der Waals surface area contributed by atoms with E-state index in [0.29, 0.717) is 5.56 Å². The molecule has 4 heterocycles. The number of carbonyl (C=O) groups is 2. The number of phenolic OH excluding ortho intramolecular Hbond substituents is 1. The zero-order chi connectivity index (χ0) is 44.0. The molecule has 1 aromatic rings. The average molecular weight is 865 g/mol. The molecule has 17 atom stereocenters. The van der Waals surface area contributed by atoms with Crippen LogP contribution in [-0.4, -0.2) is 205 Å². The van der Waals surface area contributed by atoms with Crippen LogP contribution in [-0.2, 0) is 53.9 Å². The number of hydrogen-bond donors (Lipinski definition) is 12. The predicted molar refractivity (Wildman–Crippen MR) is 191 cm³/mol. The number of allylic oxidation sites excluding steroid dienone is 1. The molecule has 338 valence electrons. The lowest BCUT2D eigenvalue weighted by Crippen LogP contribution is -2.65. The molecule has 0 unspecified atom stereocenters. The number of ether oxygens (including phenoxy) is 9. The molecule has 4 aliphatic heterocycles. The molecule has 4 aliphatic rings. The average Bonchev–Trinajstić information content (AvgIpc) is 3.24. The van der Waals surface area contributed by atoms with Crippen LogP contribution in [0.2, 0.25) is 0 Å². The van der Waals surface area contributed by atoms with Crippen LogP contribution in [0.1, 0.15) is 18.9 Å². The highest BCUT2D eigenvalue weighted by atomic mass is 16.8. The monoisotopic (exact) mass is 864 g/mol. The molecule has 0 aliphatic carbocycles. The first-order valence-corrected chi connectivity index (χ1v) is 18.9. The first-order valence-electron chi connectivity index (χ1n) is 18.9. The number of esters is 2. The van der Waals surface area contributed by atoms with Crippen LogP contribution < -0.4 is 4.74 Å². The number of benzene rings is 1. The van der Waals surface area contributed by atoms with E-state index in [-0.39, 0.29) is 29.9 Å². The van der Waals surface area contributed by atoms with E-state index in [1.165, 1.54) is 24.3 Å². The van der Waals surface area contributed by atoms with Gasteiger partial charge in [-0.15, -0.1) is 0 Å². The third-order valence-corrected chi connectivity index (χ3v) is 10.5. The van der Waals surface area contributed by atoms with Gasteiger partial charge in [0, 0.05) is 17.9 Å². The second kappa shape index (κ2) is 21.0. The molecule has 0 amide bonds. The Balaban J connectivity index is 1.19. The van der Waals surface area contributed by atoms with E-state index in [1.54, 1.807) is 6.92 Å². The number of rotatable bonds is 15. The summed E-state index contributed by atoms with van der Waals surface area (Å²) in [5.41, 5.74) is 0.566. The van der Waals surface area contributed by atoms with E-state index >= 15 is 0 Å². The van der Waals surface area contributed by atoms with Crippen molar-refractivity contribution in [3.63, 3.8) is 0 Å². The number of methoxy groups -OCH3 is 1. The minimum Gasteiger partial charge on any atom is -0.504 e. The molecule has 60 heavy (non-hydrogen) atoms. The molecule has 1 aromatic carbocycles. The fourth-order valence-electron chi connectivity index (χ4n) is 7.02. The summed E-state index contributed by atoms with van der Waals surface area (Å²) in [6, 6.07) is 4.03. The Kier molecular flexibility index (Phi) is 16.6. The third-order valence-electron chi connectivity index (χ3n) is 10.5. The van der Waals surface area contributed by atoms with Gasteiger partial charge in [0.15, 0.2) is 24.1 Å². The fraction of sp³-hybridized carbons (Fsp3) is 0.676. The van der Waals surface area contributed by atoms with Crippen molar-refractivity contribution in [2.75, 3.05) is 33.5 Å². The van der Waals surface area contributed by atoms with Gasteiger partial charge in [-0.1, -0.05) is 12.1 Å². The quantitative estimate of drug-likeness (QED) is 0.0578. The molecular formula is C37H52O23. The maximum atomic E-state index is 13.2. The lowest BCUT2D eigenvalue weighted by molar-refractivity contribution is -0.352. The maximum absolute atomic E-state index is 13.2. The van der Waals surface area contributed by atoms with Gasteiger partial charge in [0.05, 0.1) is 51.8 Å². The topological polar surface area (TPSA) is 360 Å². The van der Waals surface area contributed by atoms with E-state index in [0.717, 1.165) is 13.4 Å². The zero-order valence-electron chi connectivity index (χ0n) is 32.3. The van der Waals surface area contributed by atoms with Gasteiger partial charge in [0.2, 0.25) is 12.6 Å². The molecule has 0 radical (unpaired) electrons. The van der Waals surface area contributed by atoms with Crippen LogP contribution in [0.25, 0.3) is 0 Å². The lowest BCUT2D eigenvalue weighted by Gasteiger charge is -2.45. The summed E-state index contributed by atoms with van der Waals surface area (Å²) in [6.07, 6.45) is -24.3. The Bertz CT molecular complexity index is 1650. The Morgan fingerprint density at radius 1 is 0.733 bits per heavy atom. The number of carbonyl (C=O) groups excluding carboxylic acids is 2. The minimum atomic E-state index is -1.90. The summed E-state index contributed by atoms with van der Waals surface area (Å²) in [6.45, 7) is -0.973. The molecular weight excluding hydrogens is 812 g/mol.